The number of pyridine rings is 1. The average Bonchev–Trinajstić information content (AvgIpc) is 2.50. The number of rotatable bonds is 0. The number of aromatic nitrogens is 1. The van der Waals surface area contributed by atoms with Gasteiger partial charge < -0.3 is 5.32 Å². The van der Waals surface area contributed by atoms with Crippen LogP contribution in [-0.4, -0.2) is 11.5 Å². The maximum atomic E-state index is 5.97. The molecule has 3 rings (SSSR count). The van der Waals surface area contributed by atoms with Gasteiger partial charge in [0.15, 0.2) is 0 Å². The van der Waals surface area contributed by atoms with Gasteiger partial charge in [-0.3, -0.25) is 0 Å². The molecule has 2 heterocycles. The highest BCUT2D eigenvalue weighted by atomic mass is 35.5. The molecule has 2 aromatic rings. The first-order valence-electron chi connectivity index (χ1n) is 5.66. The molecule has 2 nitrogen and oxygen atoms in total. The van der Waals surface area contributed by atoms with Crippen molar-refractivity contribution in [2.75, 3.05) is 11.9 Å². The van der Waals surface area contributed by atoms with E-state index in [0.717, 1.165) is 29.3 Å². The van der Waals surface area contributed by atoms with E-state index < -0.39 is 0 Å². The summed E-state index contributed by atoms with van der Waals surface area (Å²) in [6.45, 7) is 1.02. The lowest BCUT2D eigenvalue weighted by Crippen LogP contribution is -2.02. The molecule has 1 aliphatic rings. The molecule has 0 fully saturated rings. The Morgan fingerprint density at radius 2 is 2.12 bits per heavy atom. The van der Waals surface area contributed by atoms with Gasteiger partial charge in [-0.1, -0.05) is 17.7 Å². The predicted octanol–water partition coefficient (Wildman–Crippen LogP) is 3.64. The van der Waals surface area contributed by atoms with Crippen molar-refractivity contribution >= 4 is 28.3 Å². The van der Waals surface area contributed by atoms with E-state index in [2.05, 4.69) is 16.4 Å². The normalized spacial score (nSPS) is 15.3. The average molecular weight is 233 g/mol. The Kier molecular flexibility index (Phi) is 2.44. The molecule has 0 bridgehead atoms. The van der Waals surface area contributed by atoms with Gasteiger partial charge in [0.05, 0.1) is 5.52 Å². The Hall–Kier alpha value is -1.28. The number of benzene rings is 1. The second kappa shape index (κ2) is 3.95. The highest BCUT2D eigenvalue weighted by Crippen LogP contribution is 2.25. The number of halogens is 1. The van der Waals surface area contributed by atoms with Gasteiger partial charge in [0.2, 0.25) is 0 Å². The third-order valence-corrected chi connectivity index (χ3v) is 3.26. The van der Waals surface area contributed by atoms with Crippen LogP contribution < -0.4 is 5.32 Å². The van der Waals surface area contributed by atoms with Gasteiger partial charge in [0.1, 0.15) is 5.82 Å². The molecule has 1 aliphatic heterocycles. The van der Waals surface area contributed by atoms with Crippen LogP contribution in [0.5, 0.6) is 0 Å². The molecule has 0 amide bonds. The second-order valence-electron chi connectivity index (χ2n) is 4.22. The number of hydrogen-bond acceptors (Lipinski definition) is 2. The molecule has 0 atom stereocenters. The molecule has 0 spiro atoms. The first-order valence-corrected chi connectivity index (χ1v) is 6.04. The number of aryl methyl sites for hydroxylation is 1. The topological polar surface area (TPSA) is 24.9 Å². The van der Waals surface area contributed by atoms with Crippen molar-refractivity contribution in [1.29, 1.82) is 0 Å². The van der Waals surface area contributed by atoms with Gasteiger partial charge in [-0.2, -0.15) is 0 Å². The number of fused-ring (bicyclic) bond motifs is 2. The molecular formula is C13H13ClN2. The van der Waals surface area contributed by atoms with Crippen LogP contribution in [0.2, 0.25) is 5.02 Å². The fraction of sp³-hybridized carbons (Fsp3) is 0.308. The fourth-order valence-electron chi connectivity index (χ4n) is 2.17. The minimum Gasteiger partial charge on any atom is -0.370 e. The molecule has 82 valence electrons. The summed E-state index contributed by atoms with van der Waals surface area (Å²) < 4.78 is 0. The van der Waals surface area contributed by atoms with Crippen LogP contribution in [0.15, 0.2) is 24.3 Å². The molecule has 0 aliphatic carbocycles. The van der Waals surface area contributed by atoms with Crippen LogP contribution in [0, 0.1) is 0 Å². The van der Waals surface area contributed by atoms with Crippen molar-refractivity contribution in [3.63, 3.8) is 0 Å². The molecule has 0 unspecified atom stereocenters. The Labute approximate surface area is 99.6 Å². The second-order valence-corrected chi connectivity index (χ2v) is 4.65. The van der Waals surface area contributed by atoms with E-state index in [1.807, 2.05) is 18.2 Å². The predicted molar refractivity (Wildman–Crippen MR) is 68.2 cm³/mol. The summed E-state index contributed by atoms with van der Waals surface area (Å²) in [5.41, 5.74) is 2.30. The number of anilines is 1. The summed E-state index contributed by atoms with van der Waals surface area (Å²) in [4.78, 5) is 4.64. The summed E-state index contributed by atoms with van der Waals surface area (Å²) >= 11 is 5.97. The number of hydrogen-bond donors (Lipinski definition) is 1. The minimum atomic E-state index is 0.744. The van der Waals surface area contributed by atoms with Crippen LogP contribution in [-0.2, 0) is 6.42 Å². The minimum absolute atomic E-state index is 0.744. The Balaban J connectivity index is 2.20. The van der Waals surface area contributed by atoms with Gasteiger partial charge in [0, 0.05) is 17.0 Å². The molecule has 16 heavy (non-hydrogen) atoms. The van der Waals surface area contributed by atoms with Crippen LogP contribution in [0.25, 0.3) is 10.9 Å². The molecule has 3 heteroatoms. The molecule has 0 radical (unpaired) electrons. The van der Waals surface area contributed by atoms with Crippen LogP contribution >= 0.6 is 11.6 Å². The van der Waals surface area contributed by atoms with Crippen molar-refractivity contribution in [3.05, 3.63) is 34.9 Å². The zero-order chi connectivity index (χ0) is 11.0. The Morgan fingerprint density at radius 1 is 1.19 bits per heavy atom. The molecule has 0 saturated heterocycles. The Bertz CT molecular complexity index is 537. The van der Waals surface area contributed by atoms with Gasteiger partial charge in [0.25, 0.3) is 0 Å². The highest BCUT2D eigenvalue weighted by Gasteiger charge is 2.09. The van der Waals surface area contributed by atoms with Crippen molar-refractivity contribution in [1.82, 2.24) is 4.98 Å². The quantitative estimate of drug-likeness (QED) is 0.750. The van der Waals surface area contributed by atoms with E-state index in [1.165, 1.54) is 23.8 Å². The molecule has 1 aromatic carbocycles. The maximum Gasteiger partial charge on any atom is 0.129 e. The lowest BCUT2D eigenvalue weighted by atomic mass is 10.1. The first kappa shape index (κ1) is 9.91. The molecule has 1 N–H and O–H groups in total. The summed E-state index contributed by atoms with van der Waals surface area (Å²) in [6, 6.07) is 8.11. The van der Waals surface area contributed by atoms with E-state index in [9.17, 15) is 0 Å². The highest BCUT2D eigenvalue weighted by molar-refractivity contribution is 6.31. The maximum absolute atomic E-state index is 5.97. The third kappa shape index (κ3) is 1.74. The van der Waals surface area contributed by atoms with E-state index >= 15 is 0 Å². The van der Waals surface area contributed by atoms with E-state index in [4.69, 9.17) is 11.6 Å². The van der Waals surface area contributed by atoms with Gasteiger partial charge in [-0.05, 0) is 43.0 Å². The van der Waals surface area contributed by atoms with E-state index in [-0.39, 0.29) is 0 Å². The van der Waals surface area contributed by atoms with E-state index in [0.29, 0.717) is 0 Å². The Morgan fingerprint density at radius 3 is 3.06 bits per heavy atom. The lowest BCUT2D eigenvalue weighted by Gasteiger charge is -2.08. The smallest absolute Gasteiger partial charge is 0.129 e. The monoisotopic (exact) mass is 232 g/mol. The lowest BCUT2D eigenvalue weighted by molar-refractivity contribution is 0.786. The summed E-state index contributed by atoms with van der Waals surface area (Å²) in [5, 5.41) is 5.30. The van der Waals surface area contributed by atoms with Crippen molar-refractivity contribution in [3.8, 4) is 0 Å². The number of nitrogens with zero attached hydrogens (tertiary/aromatic N) is 1. The van der Waals surface area contributed by atoms with Crippen LogP contribution in [0.3, 0.4) is 0 Å². The molecule has 0 saturated carbocycles. The van der Waals surface area contributed by atoms with Crippen LogP contribution in [0.4, 0.5) is 5.82 Å². The summed E-state index contributed by atoms with van der Waals surface area (Å²) in [5.74, 6) is 1.03. The van der Waals surface area contributed by atoms with Gasteiger partial charge >= 0.3 is 0 Å². The van der Waals surface area contributed by atoms with Crippen molar-refractivity contribution in [2.24, 2.45) is 0 Å². The van der Waals surface area contributed by atoms with Crippen LogP contribution in [0.1, 0.15) is 18.4 Å². The third-order valence-electron chi connectivity index (χ3n) is 3.02. The van der Waals surface area contributed by atoms with Gasteiger partial charge in [-0.15, -0.1) is 0 Å². The summed E-state index contributed by atoms with van der Waals surface area (Å²) in [6.07, 6.45) is 3.57. The first-order chi connectivity index (χ1) is 7.83. The van der Waals surface area contributed by atoms with E-state index in [1.54, 1.807) is 0 Å². The zero-order valence-electron chi connectivity index (χ0n) is 8.96. The van der Waals surface area contributed by atoms with Gasteiger partial charge in [-0.25, -0.2) is 4.98 Å². The zero-order valence-corrected chi connectivity index (χ0v) is 9.72. The largest absolute Gasteiger partial charge is 0.370 e. The number of nitrogens with one attached hydrogen (secondary N) is 1. The van der Waals surface area contributed by atoms with Crippen molar-refractivity contribution < 1.29 is 0 Å². The molecular weight excluding hydrogens is 220 g/mol. The summed E-state index contributed by atoms with van der Waals surface area (Å²) in [7, 11) is 0. The fourth-order valence-corrected chi connectivity index (χ4v) is 2.34. The SMILES string of the molecule is Clc1ccc2cc3c(nc2c1)NCCCC3. The van der Waals surface area contributed by atoms with Crippen molar-refractivity contribution in [2.45, 2.75) is 19.3 Å². The standard InChI is InChI=1S/C13H13ClN2/c14-11-5-4-9-7-10-3-1-2-6-15-13(10)16-12(9)8-11/h4-5,7-8H,1-3,6H2,(H,15,16). The molecule has 1 aromatic heterocycles.